The number of nitrogens with zero attached hydrogens (tertiary/aromatic N) is 1. The third kappa shape index (κ3) is 2.73. The molecule has 3 heteroatoms. The number of para-hydroxylation sites is 1. The largest absolute Gasteiger partial charge is 0.329 e. The Kier molecular flexibility index (Phi) is 4.48. The molecule has 0 saturated heterocycles. The summed E-state index contributed by atoms with van der Waals surface area (Å²) in [5.41, 5.74) is 7.75. The number of carbonyl (C=O) groups excluding carboxylic acids is 1. The lowest BCUT2D eigenvalue weighted by Crippen LogP contribution is -2.48. The first-order valence-electron chi connectivity index (χ1n) is 7.54. The number of hydrogen-bond acceptors (Lipinski definition) is 2. The molecule has 0 bridgehead atoms. The summed E-state index contributed by atoms with van der Waals surface area (Å²) in [4.78, 5) is 14.8. The van der Waals surface area contributed by atoms with Crippen LogP contribution in [0.3, 0.4) is 0 Å². The highest BCUT2D eigenvalue weighted by atomic mass is 16.2. The SMILES string of the molecule is Cc1ccccc1N(C)C(=O)C1(CN)CCC(C)CC1. The lowest BCUT2D eigenvalue weighted by molar-refractivity contribution is -0.129. The van der Waals surface area contributed by atoms with E-state index in [-0.39, 0.29) is 11.3 Å². The van der Waals surface area contributed by atoms with Crippen LogP contribution in [0, 0.1) is 18.3 Å². The maximum Gasteiger partial charge on any atom is 0.234 e. The van der Waals surface area contributed by atoms with Crippen LogP contribution in [0.15, 0.2) is 24.3 Å². The Morgan fingerprint density at radius 3 is 2.50 bits per heavy atom. The number of hydrogen-bond donors (Lipinski definition) is 1. The van der Waals surface area contributed by atoms with Gasteiger partial charge in [-0.05, 0) is 50.2 Å². The van der Waals surface area contributed by atoms with E-state index in [4.69, 9.17) is 5.73 Å². The van der Waals surface area contributed by atoms with Crippen LogP contribution >= 0.6 is 0 Å². The summed E-state index contributed by atoms with van der Waals surface area (Å²) < 4.78 is 0. The van der Waals surface area contributed by atoms with Crippen LogP contribution in [0.4, 0.5) is 5.69 Å². The Hall–Kier alpha value is -1.35. The molecule has 0 atom stereocenters. The Bertz CT molecular complexity index is 476. The summed E-state index contributed by atoms with van der Waals surface area (Å²) in [6, 6.07) is 8.02. The highest BCUT2D eigenvalue weighted by Crippen LogP contribution is 2.40. The molecule has 2 N–H and O–H groups in total. The maximum atomic E-state index is 13.0. The summed E-state index contributed by atoms with van der Waals surface area (Å²) in [5, 5.41) is 0. The smallest absolute Gasteiger partial charge is 0.234 e. The van der Waals surface area contributed by atoms with Gasteiger partial charge in [0.1, 0.15) is 0 Å². The number of aryl methyl sites for hydroxylation is 1. The number of carbonyl (C=O) groups is 1. The van der Waals surface area contributed by atoms with Gasteiger partial charge in [0.05, 0.1) is 5.41 Å². The van der Waals surface area contributed by atoms with Crippen molar-refractivity contribution in [3.63, 3.8) is 0 Å². The topological polar surface area (TPSA) is 46.3 Å². The van der Waals surface area contributed by atoms with E-state index < -0.39 is 0 Å². The van der Waals surface area contributed by atoms with E-state index >= 15 is 0 Å². The Morgan fingerprint density at radius 2 is 1.95 bits per heavy atom. The molecule has 1 aliphatic carbocycles. The average Bonchev–Trinajstić information content (AvgIpc) is 2.47. The van der Waals surface area contributed by atoms with Crippen molar-refractivity contribution in [2.75, 3.05) is 18.5 Å². The van der Waals surface area contributed by atoms with Crippen molar-refractivity contribution in [1.29, 1.82) is 0 Å². The molecule has 0 unspecified atom stereocenters. The molecular weight excluding hydrogens is 248 g/mol. The molecule has 0 heterocycles. The molecule has 1 aliphatic rings. The summed E-state index contributed by atoms with van der Waals surface area (Å²) >= 11 is 0. The van der Waals surface area contributed by atoms with Crippen molar-refractivity contribution in [3.05, 3.63) is 29.8 Å². The zero-order valence-corrected chi connectivity index (χ0v) is 12.9. The predicted molar refractivity (Wildman–Crippen MR) is 83.7 cm³/mol. The summed E-state index contributed by atoms with van der Waals surface area (Å²) in [5.74, 6) is 0.896. The highest BCUT2D eigenvalue weighted by Gasteiger charge is 2.41. The minimum absolute atomic E-state index is 0.182. The van der Waals surface area contributed by atoms with E-state index in [1.165, 1.54) is 0 Å². The van der Waals surface area contributed by atoms with Gasteiger partial charge >= 0.3 is 0 Å². The van der Waals surface area contributed by atoms with Crippen LogP contribution in [0.1, 0.15) is 38.2 Å². The quantitative estimate of drug-likeness (QED) is 0.920. The molecule has 3 nitrogen and oxygen atoms in total. The molecule has 1 aromatic rings. The zero-order chi connectivity index (χ0) is 14.8. The number of amides is 1. The van der Waals surface area contributed by atoms with Gasteiger partial charge in [-0.15, -0.1) is 0 Å². The van der Waals surface area contributed by atoms with Crippen molar-refractivity contribution < 1.29 is 4.79 Å². The van der Waals surface area contributed by atoms with Crippen molar-refractivity contribution in [1.82, 2.24) is 0 Å². The van der Waals surface area contributed by atoms with Gasteiger partial charge in [0.25, 0.3) is 0 Å². The lowest BCUT2D eigenvalue weighted by atomic mass is 9.70. The molecule has 1 fully saturated rings. The monoisotopic (exact) mass is 274 g/mol. The van der Waals surface area contributed by atoms with Crippen molar-refractivity contribution >= 4 is 11.6 Å². The number of benzene rings is 1. The second-order valence-corrected chi connectivity index (χ2v) is 6.32. The van der Waals surface area contributed by atoms with Gasteiger partial charge in [-0.2, -0.15) is 0 Å². The van der Waals surface area contributed by atoms with E-state index in [0.717, 1.165) is 36.9 Å². The Labute approximate surface area is 122 Å². The van der Waals surface area contributed by atoms with Gasteiger partial charge in [0.15, 0.2) is 0 Å². The van der Waals surface area contributed by atoms with Crippen LogP contribution in [-0.4, -0.2) is 19.5 Å². The molecule has 0 aromatic heterocycles. The molecule has 1 aromatic carbocycles. The van der Waals surface area contributed by atoms with Crippen LogP contribution < -0.4 is 10.6 Å². The third-order valence-corrected chi connectivity index (χ3v) is 4.86. The van der Waals surface area contributed by atoms with E-state index in [9.17, 15) is 4.79 Å². The minimum Gasteiger partial charge on any atom is -0.329 e. The van der Waals surface area contributed by atoms with E-state index in [1.54, 1.807) is 4.90 Å². The fraction of sp³-hybridized carbons (Fsp3) is 0.588. The van der Waals surface area contributed by atoms with E-state index in [0.29, 0.717) is 12.5 Å². The summed E-state index contributed by atoms with van der Waals surface area (Å²) in [6.45, 7) is 4.75. The molecule has 1 saturated carbocycles. The first-order valence-corrected chi connectivity index (χ1v) is 7.54. The van der Waals surface area contributed by atoms with E-state index in [1.807, 2.05) is 38.2 Å². The van der Waals surface area contributed by atoms with Gasteiger partial charge in [0, 0.05) is 19.3 Å². The van der Waals surface area contributed by atoms with Crippen LogP contribution in [0.2, 0.25) is 0 Å². The normalized spacial score (nSPS) is 26.3. The second kappa shape index (κ2) is 5.96. The molecule has 110 valence electrons. The van der Waals surface area contributed by atoms with Crippen molar-refractivity contribution in [2.45, 2.75) is 39.5 Å². The lowest BCUT2D eigenvalue weighted by Gasteiger charge is -2.40. The minimum atomic E-state index is -0.358. The first-order chi connectivity index (χ1) is 9.50. The fourth-order valence-corrected chi connectivity index (χ4v) is 3.22. The molecular formula is C17H26N2O. The molecule has 2 rings (SSSR count). The van der Waals surface area contributed by atoms with Gasteiger partial charge < -0.3 is 10.6 Å². The average molecular weight is 274 g/mol. The molecule has 0 spiro atoms. The van der Waals surface area contributed by atoms with Crippen LogP contribution in [-0.2, 0) is 4.79 Å². The van der Waals surface area contributed by atoms with Gasteiger partial charge in [0.2, 0.25) is 5.91 Å². The fourth-order valence-electron chi connectivity index (χ4n) is 3.22. The Balaban J connectivity index is 2.23. The third-order valence-electron chi connectivity index (χ3n) is 4.86. The maximum absolute atomic E-state index is 13.0. The van der Waals surface area contributed by atoms with Crippen molar-refractivity contribution in [2.24, 2.45) is 17.1 Å². The standard InChI is InChI=1S/C17H26N2O/c1-13-8-10-17(12-18,11-9-13)16(20)19(3)15-7-5-4-6-14(15)2/h4-7,13H,8-12,18H2,1-3H3. The highest BCUT2D eigenvalue weighted by molar-refractivity contribution is 5.98. The first kappa shape index (κ1) is 15.0. The van der Waals surface area contributed by atoms with Crippen LogP contribution in [0.5, 0.6) is 0 Å². The van der Waals surface area contributed by atoms with Gasteiger partial charge in [-0.3, -0.25) is 4.79 Å². The molecule has 0 aliphatic heterocycles. The summed E-state index contributed by atoms with van der Waals surface area (Å²) in [6.07, 6.45) is 4.04. The molecule has 20 heavy (non-hydrogen) atoms. The number of rotatable bonds is 3. The zero-order valence-electron chi connectivity index (χ0n) is 12.9. The molecule has 1 amide bonds. The van der Waals surface area contributed by atoms with Crippen molar-refractivity contribution in [3.8, 4) is 0 Å². The van der Waals surface area contributed by atoms with E-state index in [2.05, 4.69) is 6.92 Å². The van der Waals surface area contributed by atoms with Gasteiger partial charge in [-0.1, -0.05) is 25.1 Å². The predicted octanol–water partition coefficient (Wildman–Crippen LogP) is 3.11. The molecule has 0 radical (unpaired) electrons. The second-order valence-electron chi connectivity index (χ2n) is 6.32. The number of nitrogens with two attached hydrogens (primary N) is 1. The van der Waals surface area contributed by atoms with Gasteiger partial charge in [-0.25, -0.2) is 0 Å². The number of anilines is 1. The summed E-state index contributed by atoms with van der Waals surface area (Å²) in [7, 11) is 1.88. The van der Waals surface area contributed by atoms with Crippen LogP contribution in [0.25, 0.3) is 0 Å². The Morgan fingerprint density at radius 1 is 1.35 bits per heavy atom.